The van der Waals surface area contributed by atoms with Gasteiger partial charge < -0.3 is 26.4 Å². The Labute approximate surface area is 202 Å². The summed E-state index contributed by atoms with van der Waals surface area (Å²) in [6.07, 6.45) is -2.33. The van der Waals surface area contributed by atoms with Crippen LogP contribution in [0, 0.1) is 17.7 Å². The monoisotopic (exact) mass is 505 g/mol. The average Bonchev–Trinajstić information content (AvgIpc) is 2.73. The molecule has 12 heteroatoms. The number of aromatic nitrogens is 1. The molecule has 0 saturated heterocycles. The van der Waals surface area contributed by atoms with Gasteiger partial charge in [0, 0.05) is 30.1 Å². The first kappa shape index (κ1) is 28.8. The maximum Gasteiger partial charge on any atom is 0.408 e. The first-order valence-corrected chi connectivity index (χ1v) is 11.6. The zero-order valence-corrected chi connectivity index (χ0v) is 20.5. The van der Waals surface area contributed by atoms with Crippen molar-refractivity contribution in [2.24, 2.45) is 17.6 Å². The van der Waals surface area contributed by atoms with E-state index in [2.05, 4.69) is 27.9 Å². The summed E-state index contributed by atoms with van der Waals surface area (Å²) in [6.45, 7) is 6.61. The van der Waals surface area contributed by atoms with Crippen molar-refractivity contribution >= 4 is 17.8 Å². The number of nitrogens with zero attached hydrogens (tertiary/aromatic N) is 1. The highest BCUT2D eigenvalue weighted by molar-refractivity contribution is 5.94. The van der Waals surface area contributed by atoms with Gasteiger partial charge in [-0.2, -0.15) is 13.2 Å². The summed E-state index contributed by atoms with van der Waals surface area (Å²) in [5, 5.41) is 7.68. The lowest BCUT2D eigenvalue weighted by Gasteiger charge is -2.32. The minimum Gasteiger partial charge on any atom is -0.436 e. The van der Waals surface area contributed by atoms with Gasteiger partial charge in [0.15, 0.2) is 6.10 Å². The van der Waals surface area contributed by atoms with Crippen molar-refractivity contribution in [1.29, 1.82) is 0 Å². The first-order chi connectivity index (χ1) is 16.2. The predicted octanol–water partition coefficient (Wildman–Crippen LogP) is 3.86. The fraction of sp³-hybridized carbons (Fsp3) is 0.696. The Bertz CT molecular complexity index is 868. The Balaban J connectivity index is 2.10. The number of nitrogens with two attached hydrogens (primary N) is 1. The summed E-state index contributed by atoms with van der Waals surface area (Å²) in [4.78, 5) is 29.3. The molecule has 0 radical (unpaired) electrons. The number of carbonyl (C=O) groups is 2. The summed E-state index contributed by atoms with van der Waals surface area (Å²) >= 11 is 0. The molecule has 35 heavy (non-hydrogen) atoms. The van der Waals surface area contributed by atoms with Crippen molar-refractivity contribution in [1.82, 2.24) is 15.6 Å². The molecular weight excluding hydrogens is 470 g/mol. The maximum atomic E-state index is 14.1. The average molecular weight is 506 g/mol. The molecule has 1 aliphatic rings. The Hall–Kier alpha value is -2.47. The number of alkyl carbamates (subject to hydrolysis) is 1. The van der Waals surface area contributed by atoms with Gasteiger partial charge in [-0.25, -0.2) is 14.2 Å². The van der Waals surface area contributed by atoms with Crippen molar-refractivity contribution in [3.8, 4) is 0 Å². The number of ether oxygens (including phenoxy) is 1. The van der Waals surface area contributed by atoms with Crippen molar-refractivity contribution in [2.45, 2.75) is 83.8 Å². The lowest BCUT2D eigenvalue weighted by atomic mass is 9.80. The van der Waals surface area contributed by atoms with E-state index in [1.54, 1.807) is 20.8 Å². The number of hydrogen-bond donors (Lipinski definition) is 4. The van der Waals surface area contributed by atoms with Crippen LogP contribution in [-0.2, 0) is 16.1 Å². The number of anilines is 1. The minimum atomic E-state index is -4.58. The Kier molecular flexibility index (Phi) is 9.85. The van der Waals surface area contributed by atoms with E-state index >= 15 is 0 Å². The first-order valence-electron chi connectivity index (χ1n) is 11.6. The number of amides is 2. The molecule has 0 bridgehead atoms. The largest absolute Gasteiger partial charge is 0.436 e. The van der Waals surface area contributed by atoms with Gasteiger partial charge in [0.05, 0.1) is 6.20 Å². The molecule has 2 rings (SSSR count). The van der Waals surface area contributed by atoms with E-state index in [0.717, 1.165) is 19.0 Å². The highest BCUT2D eigenvalue weighted by atomic mass is 19.4. The molecule has 2 amide bonds. The SMILES string of the molecule is CC1CCC(C(OC(=O)NC(C)(C)C)C(=O)Nc2cc(CNC[C@H](N)C(F)(F)F)c(F)cn2)CC1. The van der Waals surface area contributed by atoms with Crippen LogP contribution in [0.3, 0.4) is 0 Å². The van der Waals surface area contributed by atoms with Gasteiger partial charge in [-0.1, -0.05) is 19.8 Å². The lowest BCUT2D eigenvalue weighted by molar-refractivity contribution is -0.146. The number of nitrogens with one attached hydrogen (secondary N) is 3. The van der Waals surface area contributed by atoms with E-state index in [9.17, 15) is 27.2 Å². The maximum absolute atomic E-state index is 14.1. The summed E-state index contributed by atoms with van der Waals surface area (Å²) in [5.41, 5.74) is 4.48. The summed E-state index contributed by atoms with van der Waals surface area (Å²) in [5.74, 6) is -1.05. The number of hydrogen-bond acceptors (Lipinski definition) is 6. The third-order valence-electron chi connectivity index (χ3n) is 5.74. The fourth-order valence-electron chi connectivity index (χ4n) is 3.76. The third kappa shape index (κ3) is 9.60. The van der Waals surface area contributed by atoms with Crippen molar-refractivity contribution in [3.63, 3.8) is 0 Å². The van der Waals surface area contributed by atoms with Crippen molar-refractivity contribution < 1.29 is 31.9 Å². The molecule has 8 nitrogen and oxygen atoms in total. The second kappa shape index (κ2) is 12.0. The molecule has 1 heterocycles. The van der Waals surface area contributed by atoms with Gasteiger partial charge >= 0.3 is 12.3 Å². The highest BCUT2D eigenvalue weighted by Gasteiger charge is 2.37. The van der Waals surface area contributed by atoms with Crippen LogP contribution in [0.4, 0.5) is 28.2 Å². The molecular formula is C23H35F4N5O3. The zero-order valence-electron chi connectivity index (χ0n) is 20.5. The smallest absolute Gasteiger partial charge is 0.408 e. The van der Waals surface area contributed by atoms with E-state index in [0.29, 0.717) is 18.8 Å². The van der Waals surface area contributed by atoms with E-state index in [1.165, 1.54) is 6.07 Å². The minimum absolute atomic E-state index is 0.000824. The van der Waals surface area contributed by atoms with Crippen LogP contribution in [0.25, 0.3) is 0 Å². The van der Waals surface area contributed by atoms with Crippen LogP contribution in [0.5, 0.6) is 0 Å². The number of halogens is 4. The Morgan fingerprint density at radius 3 is 2.40 bits per heavy atom. The highest BCUT2D eigenvalue weighted by Crippen LogP contribution is 2.32. The van der Waals surface area contributed by atoms with E-state index in [1.807, 2.05) is 0 Å². The van der Waals surface area contributed by atoms with Crippen LogP contribution in [-0.4, -0.2) is 47.4 Å². The Morgan fingerprint density at radius 2 is 1.83 bits per heavy atom. The molecule has 198 valence electrons. The van der Waals surface area contributed by atoms with Gasteiger partial charge in [0.2, 0.25) is 0 Å². The zero-order chi connectivity index (χ0) is 26.4. The molecule has 1 unspecified atom stereocenters. The molecule has 1 aromatic heterocycles. The van der Waals surface area contributed by atoms with Gasteiger partial charge in [-0.15, -0.1) is 0 Å². The quantitative estimate of drug-likeness (QED) is 0.399. The lowest BCUT2D eigenvalue weighted by Crippen LogP contribution is -2.47. The predicted molar refractivity (Wildman–Crippen MR) is 123 cm³/mol. The number of pyridine rings is 1. The topological polar surface area (TPSA) is 118 Å². The number of rotatable bonds is 8. The molecule has 5 N–H and O–H groups in total. The van der Waals surface area contributed by atoms with Crippen molar-refractivity contribution in [2.75, 3.05) is 11.9 Å². The second-order valence-electron chi connectivity index (χ2n) is 10.2. The van der Waals surface area contributed by atoms with Gasteiger partial charge in [-0.3, -0.25) is 4.79 Å². The van der Waals surface area contributed by atoms with Crippen LogP contribution < -0.4 is 21.7 Å². The van der Waals surface area contributed by atoms with Crippen LogP contribution >= 0.6 is 0 Å². The summed E-state index contributed by atoms with van der Waals surface area (Å²) < 4.78 is 57.3. The molecule has 1 aliphatic carbocycles. The molecule has 0 spiro atoms. The summed E-state index contributed by atoms with van der Waals surface area (Å²) in [6, 6.07) is -0.879. The molecule has 2 atom stereocenters. The third-order valence-corrected chi connectivity index (χ3v) is 5.74. The molecule has 0 aliphatic heterocycles. The molecule has 1 saturated carbocycles. The second-order valence-corrected chi connectivity index (χ2v) is 10.2. The van der Waals surface area contributed by atoms with Crippen molar-refractivity contribution in [3.05, 3.63) is 23.6 Å². The van der Waals surface area contributed by atoms with E-state index < -0.39 is 48.2 Å². The normalized spacial score (nSPS) is 20.6. The number of carbonyl (C=O) groups excluding carboxylic acids is 2. The summed E-state index contributed by atoms with van der Waals surface area (Å²) in [7, 11) is 0. The van der Waals surface area contributed by atoms with Gasteiger partial charge in [0.1, 0.15) is 17.7 Å². The molecule has 1 fully saturated rings. The van der Waals surface area contributed by atoms with Crippen LogP contribution in [0.2, 0.25) is 0 Å². The van der Waals surface area contributed by atoms with Gasteiger partial charge in [-0.05, 0) is 45.6 Å². The van der Waals surface area contributed by atoms with Gasteiger partial charge in [0.25, 0.3) is 5.91 Å². The molecule has 0 aromatic carbocycles. The van der Waals surface area contributed by atoms with Crippen LogP contribution in [0.1, 0.15) is 58.9 Å². The van der Waals surface area contributed by atoms with E-state index in [-0.39, 0.29) is 23.8 Å². The Morgan fingerprint density at radius 1 is 1.20 bits per heavy atom. The van der Waals surface area contributed by atoms with Crippen LogP contribution in [0.15, 0.2) is 12.3 Å². The standard InChI is InChI=1S/C23H35F4N5O3/c1-13-5-7-14(8-6-13)19(35-21(34)32-22(2,3)4)20(33)31-18-9-15(16(24)11-30-18)10-29-12-17(28)23(25,26)27/h9,11,13-14,17,19,29H,5-8,10,12,28H2,1-4H3,(H,32,34)(H,30,31,33)/t13?,14?,17-,19?/m0/s1. The fourth-order valence-corrected chi connectivity index (χ4v) is 3.76. The number of alkyl halides is 3. The molecule has 1 aromatic rings. The van der Waals surface area contributed by atoms with E-state index in [4.69, 9.17) is 10.5 Å².